The minimum Gasteiger partial charge on any atom is -0.323 e. The van der Waals surface area contributed by atoms with Crippen molar-refractivity contribution in [1.82, 2.24) is 4.98 Å². The van der Waals surface area contributed by atoms with E-state index >= 15 is 0 Å². The molecule has 0 aliphatic heterocycles. The van der Waals surface area contributed by atoms with Crippen molar-refractivity contribution in [1.29, 1.82) is 0 Å². The number of nitrogens with two attached hydrogens (primary N) is 1. The van der Waals surface area contributed by atoms with Gasteiger partial charge in [0.05, 0.1) is 5.71 Å². The van der Waals surface area contributed by atoms with Crippen molar-refractivity contribution < 1.29 is 0 Å². The smallest absolute Gasteiger partial charge is 0.0642 e. The molecule has 0 aliphatic rings. The molecule has 2 N–H and O–H groups in total. The van der Waals surface area contributed by atoms with Crippen molar-refractivity contribution in [3.05, 3.63) is 30.1 Å². The van der Waals surface area contributed by atoms with Crippen molar-refractivity contribution in [2.24, 2.45) is 10.9 Å². The maximum Gasteiger partial charge on any atom is 0.0642 e. The molecule has 0 saturated heterocycles. The van der Waals surface area contributed by atoms with Crippen LogP contribution in [-0.4, -0.2) is 10.7 Å². The van der Waals surface area contributed by atoms with Gasteiger partial charge in [-0.3, -0.25) is 4.98 Å². The highest BCUT2D eigenvalue weighted by Crippen LogP contribution is 1.96. The summed E-state index contributed by atoms with van der Waals surface area (Å²) in [6, 6.07) is 3.73. The molecule has 1 rings (SSSR count). The Labute approximate surface area is 59.6 Å². The molecule has 0 radical (unpaired) electrons. The first-order chi connectivity index (χ1) is 4.84. The normalized spacial score (nSPS) is 11.5. The molecule has 10 heavy (non-hydrogen) atoms. The van der Waals surface area contributed by atoms with Crippen LogP contribution in [-0.2, 0) is 0 Å². The molecule has 0 atom stereocenters. The summed E-state index contributed by atoms with van der Waals surface area (Å²) in [5.74, 6) is 5.07. The lowest BCUT2D eigenvalue weighted by Gasteiger charge is -1.94. The second-order valence-corrected chi connectivity index (χ2v) is 1.95. The molecular weight excluding hydrogens is 126 g/mol. The van der Waals surface area contributed by atoms with Crippen LogP contribution in [0.25, 0.3) is 0 Å². The van der Waals surface area contributed by atoms with Gasteiger partial charge in [-0.25, -0.2) is 0 Å². The lowest BCUT2D eigenvalue weighted by atomic mass is 10.2. The largest absolute Gasteiger partial charge is 0.323 e. The van der Waals surface area contributed by atoms with Crippen molar-refractivity contribution in [3.8, 4) is 0 Å². The zero-order chi connectivity index (χ0) is 7.40. The van der Waals surface area contributed by atoms with Crippen LogP contribution in [0.2, 0.25) is 0 Å². The Bertz CT molecular complexity index is 228. The lowest BCUT2D eigenvalue weighted by Crippen LogP contribution is -1.97. The highest BCUT2D eigenvalue weighted by molar-refractivity contribution is 5.98. The van der Waals surface area contributed by atoms with Gasteiger partial charge in [-0.05, 0) is 19.1 Å². The van der Waals surface area contributed by atoms with E-state index in [4.69, 9.17) is 5.84 Å². The molecule has 0 spiro atoms. The van der Waals surface area contributed by atoms with Crippen LogP contribution in [0.4, 0.5) is 0 Å². The van der Waals surface area contributed by atoms with Gasteiger partial charge in [-0.2, -0.15) is 5.10 Å². The third-order valence-corrected chi connectivity index (χ3v) is 1.29. The second kappa shape index (κ2) is 2.96. The van der Waals surface area contributed by atoms with Gasteiger partial charge in [0.25, 0.3) is 0 Å². The first-order valence-corrected chi connectivity index (χ1v) is 2.99. The fraction of sp³-hybridized carbons (Fsp3) is 0.143. The zero-order valence-electron chi connectivity index (χ0n) is 5.78. The van der Waals surface area contributed by atoms with Gasteiger partial charge >= 0.3 is 0 Å². The first-order valence-electron chi connectivity index (χ1n) is 2.99. The van der Waals surface area contributed by atoms with E-state index in [0.717, 1.165) is 11.3 Å². The molecule has 0 amide bonds. The Morgan fingerprint density at radius 2 is 2.10 bits per heavy atom. The van der Waals surface area contributed by atoms with Crippen LogP contribution < -0.4 is 5.84 Å². The van der Waals surface area contributed by atoms with Crippen LogP contribution >= 0.6 is 0 Å². The highest BCUT2D eigenvalue weighted by atomic mass is 15.1. The summed E-state index contributed by atoms with van der Waals surface area (Å²) in [5, 5.41) is 3.55. The van der Waals surface area contributed by atoms with Crippen molar-refractivity contribution in [2.45, 2.75) is 6.92 Å². The monoisotopic (exact) mass is 135 g/mol. The van der Waals surface area contributed by atoms with Gasteiger partial charge in [0.2, 0.25) is 0 Å². The number of nitrogens with zero attached hydrogens (tertiary/aromatic N) is 2. The Kier molecular flexibility index (Phi) is 1.99. The first kappa shape index (κ1) is 6.74. The predicted molar refractivity (Wildman–Crippen MR) is 40.6 cm³/mol. The average molecular weight is 135 g/mol. The standard InChI is InChI=1S/C7H9N3/c1-6(10-8)7-2-4-9-5-3-7/h2-5H,8H2,1H3/b10-6+. The van der Waals surface area contributed by atoms with Gasteiger partial charge in [-0.15, -0.1) is 0 Å². The van der Waals surface area contributed by atoms with Gasteiger partial charge in [0.1, 0.15) is 0 Å². The Balaban J connectivity index is 2.96. The van der Waals surface area contributed by atoms with Gasteiger partial charge in [-0.1, -0.05) is 0 Å². The molecule has 0 aromatic carbocycles. The summed E-state index contributed by atoms with van der Waals surface area (Å²) >= 11 is 0. The quantitative estimate of drug-likeness (QED) is 0.351. The van der Waals surface area contributed by atoms with Gasteiger partial charge in [0.15, 0.2) is 0 Å². The molecular formula is C7H9N3. The van der Waals surface area contributed by atoms with E-state index in [-0.39, 0.29) is 0 Å². The predicted octanol–water partition coefficient (Wildman–Crippen LogP) is 0.764. The van der Waals surface area contributed by atoms with Crippen molar-refractivity contribution in [2.75, 3.05) is 0 Å². The third kappa shape index (κ3) is 1.31. The summed E-state index contributed by atoms with van der Waals surface area (Å²) in [6.07, 6.45) is 3.42. The fourth-order valence-electron chi connectivity index (χ4n) is 0.668. The number of hydrazone groups is 1. The Morgan fingerprint density at radius 3 is 2.60 bits per heavy atom. The van der Waals surface area contributed by atoms with Crippen LogP contribution in [0.3, 0.4) is 0 Å². The summed E-state index contributed by atoms with van der Waals surface area (Å²) in [4.78, 5) is 3.87. The Morgan fingerprint density at radius 1 is 1.50 bits per heavy atom. The van der Waals surface area contributed by atoms with Crippen LogP contribution in [0.15, 0.2) is 29.6 Å². The summed E-state index contributed by atoms with van der Waals surface area (Å²) in [7, 11) is 0. The maximum atomic E-state index is 5.07. The highest BCUT2D eigenvalue weighted by Gasteiger charge is 1.92. The molecule has 0 unspecified atom stereocenters. The molecule has 52 valence electrons. The summed E-state index contributed by atoms with van der Waals surface area (Å²) < 4.78 is 0. The molecule has 3 heteroatoms. The number of hydrogen-bond donors (Lipinski definition) is 1. The van der Waals surface area contributed by atoms with E-state index in [1.54, 1.807) is 12.4 Å². The maximum absolute atomic E-state index is 5.07. The molecule has 0 fully saturated rings. The summed E-state index contributed by atoms with van der Waals surface area (Å²) in [6.45, 7) is 1.86. The van der Waals surface area contributed by atoms with E-state index in [0.29, 0.717) is 0 Å². The van der Waals surface area contributed by atoms with Gasteiger partial charge < -0.3 is 5.84 Å². The molecule has 3 nitrogen and oxygen atoms in total. The van der Waals surface area contributed by atoms with Crippen LogP contribution in [0.5, 0.6) is 0 Å². The molecule has 0 saturated carbocycles. The van der Waals surface area contributed by atoms with Crippen LogP contribution in [0.1, 0.15) is 12.5 Å². The minimum absolute atomic E-state index is 0.822. The van der Waals surface area contributed by atoms with E-state index in [1.807, 2.05) is 19.1 Å². The van der Waals surface area contributed by atoms with E-state index in [9.17, 15) is 0 Å². The molecule has 1 aromatic heterocycles. The molecule has 0 bridgehead atoms. The SMILES string of the molecule is C/C(=N\N)c1ccncc1. The number of pyridine rings is 1. The number of rotatable bonds is 1. The van der Waals surface area contributed by atoms with Crippen molar-refractivity contribution in [3.63, 3.8) is 0 Å². The zero-order valence-corrected chi connectivity index (χ0v) is 5.78. The molecule has 0 aliphatic carbocycles. The van der Waals surface area contributed by atoms with Gasteiger partial charge in [0, 0.05) is 18.0 Å². The second-order valence-electron chi connectivity index (χ2n) is 1.95. The lowest BCUT2D eigenvalue weighted by molar-refractivity contribution is 1.23. The van der Waals surface area contributed by atoms with E-state index < -0.39 is 0 Å². The minimum atomic E-state index is 0.822. The summed E-state index contributed by atoms with van der Waals surface area (Å²) in [5.41, 5.74) is 1.83. The fourth-order valence-corrected chi connectivity index (χ4v) is 0.668. The number of aromatic nitrogens is 1. The number of hydrogen-bond acceptors (Lipinski definition) is 3. The van der Waals surface area contributed by atoms with Crippen molar-refractivity contribution >= 4 is 5.71 Å². The molecule has 1 aromatic rings. The Hall–Kier alpha value is -1.38. The average Bonchev–Trinajstić information content (AvgIpc) is 2.05. The van der Waals surface area contributed by atoms with E-state index in [1.165, 1.54) is 0 Å². The van der Waals surface area contributed by atoms with E-state index in [2.05, 4.69) is 10.1 Å². The topological polar surface area (TPSA) is 51.3 Å². The molecule has 1 heterocycles. The van der Waals surface area contributed by atoms with Crippen LogP contribution in [0, 0.1) is 0 Å². The third-order valence-electron chi connectivity index (χ3n) is 1.29.